The number of rotatable bonds is 3. The molecule has 0 saturated carbocycles. The molecular formula is C11H22N2O4S. The van der Waals surface area contributed by atoms with Gasteiger partial charge in [-0.1, -0.05) is 0 Å². The van der Waals surface area contributed by atoms with Crippen molar-refractivity contribution in [1.29, 1.82) is 0 Å². The zero-order chi connectivity index (χ0) is 13.3. The molecule has 2 fully saturated rings. The fourth-order valence-corrected chi connectivity index (χ4v) is 3.78. The summed E-state index contributed by atoms with van der Waals surface area (Å²) in [5, 5.41) is 19.0. The zero-order valence-corrected chi connectivity index (χ0v) is 11.5. The number of aliphatic hydroxyl groups excluding tert-OH is 2. The average molecular weight is 278 g/mol. The van der Waals surface area contributed by atoms with Gasteiger partial charge in [-0.3, -0.25) is 4.90 Å². The van der Waals surface area contributed by atoms with E-state index in [2.05, 4.69) is 0 Å². The Kier molecular flexibility index (Phi) is 4.28. The first kappa shape index (κ1) is 14.2. The molecule has 0 bridgehead atoms. The molecule has 0 aromatic carbocycles. The highest BCUT2D eigenvalue weighted by Crippen LogP contribution is 2.21. The Labute approximate surface area is 108 Å². The number of hydrogen-bond donors (Lipinski definition) is 2. The van der Waals surface area contributed by atoms with Gasteiger partial charge in [0.25, 0.3) is 0 Å². The molecule has 2 N–H and O–H groups in total. The second kappa shape index (κ2) is 5.42. The molecule has 7 heteroatoms. The third-order valence-corrected chi connectivity index (χ3v) is 5.07. The van der Waals surface area contributed by atoms with Gasteiger partial charge in [0.1, 0.15) is 0 Å². The molecule has 3 unspecified atom stereocenters. The van der Waals surface area contributed by atoms with E-state index in [1.54, 1.807) is 0 Å². The molecule has 6 nitrogen and oxygen atoms in total. The SMILES string of the molecule is CS(=O)(=O)N1CCCC(CN2CC(O)C(O)C2)C1. The smallest absolute Gasteiger partial charge is 0.211 e. The molecule has 0 aromatic rings. The zero-order valence-electron chi connectivity index (χ0n) is 10.7. The van der Waals surface area contributed by atoms with Crippen molar-refractivity contribution in [3.63, 3.8) is 0 Å². The van der Waals surface area contributed by atoms with E-state index >= 15 is 0 Å². The molecule has 0 radical (unpaired) electrons. The predicted molar refractivity (Wildman–Crippen MR) is 67.6 cm³/mol. The van der Waals surface area contributed by atoms with Gasteiger partial charge in [-0.2, -0.15) is 0 Å². The number of aliphatic hydroxyl groups is 2. The molecule has 2 aliphatic heterocycles. The summed E-state index contributed by atoms with van der Waals surface area (Å²) in [6.45, 7) is 2.88. The largest absolute Gasteiger partial charge is 0.389 e. The number of β-amino-alcohol motifs (C(OH)–C–C–N with tert-alkyl or cyclic N) is 2. The van der Waals surface area contributed by atoms with Gasteiger partial charge in [-0.05, 0) is 18.8 Å². The summed E-state index contributed by atoms with van der Waals surface area (Å²) >= 11 is 0. The summed E-state index contributed by atoms with van der Waals surface area (Å²) in [6.07, 6.45) is 1.81. The first-order chi connectivity index (χ1) is 8.36. The molecule has 3 atom stereocenters. The summed E-state index contributed by atoms with van der Waals surface area (Å²) in [7, 11) is -3.10. The van der Waals surface area contributed by atoms with E-state index in [0.717, 1.165) is 19.4 Å². The number of nitrogens with zero attached hydrogens (tertiary/aromatic N) is 2. The molecule has 2 saturated heterocycles. The quantitative estimate of drug-likeness (QED) is 0.670. The molecular weight excluding hydrogens is 256 g/mol. The Morgan fingerprint density at radius 2 is 1.78 bits per heavy atom. The molecule has 0 aliphatic carbocycles. The van der Waals surface area contributed by atoms with Gasteiger partial charge in [0.05, 0.1) is 18.5 Å². The summed E-state index contributed by atoms with van der Waals surface area (Å²) in [5.74, 6) is 0.297. The molecule has 2 aliphatic rings. The van der Waals surface area contributed by atoms with Crippen LogP contribution in [0.2, 0.25) is 0 Å². The van der Waals surface area contributed by atoms with E-state index in [4.69, 9.17) is 0 Å². The Hall–Kier alpha value is -0.210. The van der Waals surface area contributed by atoms with Crippen molar-refractivity contribution >= 4 is 10.0 Å². The van der Waals surface area contributed by atoms with Crippen LogP contribution in [-0.4, -0.2) is 79.0 Å². The van der Waals surface area contributed by atoms with Gasteiger partial charge in [0, 0.05) is 32.7 Å². The molecule has 18 heavy (non-hydrogen) atoms. The summed E-state index contributed by atoms with van der Waals surface area (Å²) in [4.78, 5) is 2.02. The van der Waals surface area contributed by atoms with Crippen molar-refractivity contribution in [2.45, 2.75) is 25.0 Å². The van der Waals surface area contributed by atoms with Gasteiger partial charge in [0.2, 0.25) is 10.0 Å². The van der Waals surface area contributed by atoms with Crippen molar-refractivity contribution in [3.05, 3.63) is 0 Å². The van der Waals surface area contributed by atoms with Crippen molar-refractivity contribution in [2.75, 3.05) is 39.0 Å². The number of sulfonamides is 1. The van der Waals surface area contributed by atoms with Crippen LogP contribution in [0, 0.1) is 5.92 Å². The average Bonchev–Trinajstić information content (AvgIpc) is 2.57. The Balaban J connectivity index is 1.87. The van der Waals surface area contributed by atoms with Gasteiger partial charge in [-0.15, -0.1) is 0 Å². The molecule has 2 rings (SSSR count). The lowest BCUT2D eigenvalue weighted by Crippen LogP contribution is -2.43. The van der Waals surface area contributed by atoms with Crippen LogP contribution in [0.4, 0.5) is 0 Å². The monoisotopic (exact) mass is 278 g/mol. The number of hydrogen-bond acceptors (Lipinski definition) is 5. The third kappa shape index (κ3) is 3.42. The van der Waals surface area contributed by atoms with E-state index in [1.165, 1.54) is 10.6 Å². The van der Waals surface area contributed by atoms with Crippen molar-refractivity contribution < 1.29 is 18.6 Å². The predicted octanol–water partition coefficient (Wildman–Crippen LogP) is -1.30. The first-order valence-electron chi connectivity index (χ1n) is 6.40. The minimum Gasteiger partial charge on any atom is -0.389 e. The van der Waals surface area contributed by atoms with Crippen LogP contribution in [0.25, 0.3) is 0 Å². The minimum absolute atomic E-state index is 0.297. The highest BCUT2D eigenvalue weighted by atomic mass is 32.2. The molecule has 0 amide bonds. The highest BCUT2D eigenvalue weighted by molar-refractivity contribution is 7.88. The number of likely N-dealkylation sites (tertiary alicyclic amines) is 1. The topological polar surface area (TPSA) is 81.1 Å². The van der Waals surface area contributed by atoms with Gasteiger partial charge in [-0.25, -0.2) is 12.7 Å². The van der Waals surface area contributed by atoms with E-state index in [9.17, 15) is 18.6 Å². The Bertz CT molecular complexity index is 377. The van der Waals surface area contributed by atoms with Crippen LogP contribution in [-0.2, 0) is 10.0 Å². The van der Waals surface area contributed by atoms with Gasteiger partial charge in [0.15, 0.2) is 0 Å². The lowest BCUT2D eigenvalue weighted by molar-refractivity contribution is 0.0572. The maximum Gasteiger partial charge on any atom is 0.211 e. The second-order valence-electron chi connectivity index (χ2n) is 5.48. The second-order valence-corrected chi connectivity index (χ2v) is 7.46. The lowest BCUT2D eigenvalue weighted by Gasteiger charge is -2.33. The molecule has 2 heterocycles. The maximum absolute atomic E-state index is 11.5. The minimum atomic E-state index is -3.10. The summed E-state index contributed by atoms with van der Waals surface area (Å²) < 4.78 is 24.5. The molecule has 106 valence electrons. The van der Waals surface area contributed by atoms with Crippen LogP contribution in [0.3, 0.4) is 0 Å². The van der Waals surface area contributed by atoms with Crippen LogP contribution < -0.4 is 0 Å². The van der Waals surface area contributed by atoms with Gasteiger partial charge >= 0.3 is 0 Å². The van der Waals surface area contributed by atoms with E-state index in [1.807, 2.05) is 4.90 Å². The van der Waals surface area contributed by atoms with E-state index in [-0.39, 0.29) is 0 Å². The Morgan fingerprint density at radius 3 is 2.33 bits per heavy atom. The van der Waals surface area contributed by atoms with Crippen LogP contribution in [0.15, 0.2) is 0 Å². The first-order valence-corrected chi connectivity index (χ1v) is 8.24. The van der Waals surface area contributed by atoms with Crippen LogP contribution in [0.5, 0.6) is 0 Å². The molecule has 0 aromatic heterocycles. The van der Waals surface area contributed by atoms with E-state index in [0.29, 0.717) is 32.1 Å². The normalized spacial score (nSPS) is 36.1. The van der Waals surface area contributed by atoms with E-state index < -0.39 is 22.2 Å². The Morgan fingerprint density at radius 1 is 1.17 bits per heavy atom. The molecule has 0 spiro atoms. The fourth-order valence-electron chi connectivity index (χ4n) is 2.84. The van der Waals surface area contributed by atoms with Crippen molar-refractivity contribution in [1.82, 2.24) is 9.21 Å². The van der Waals surface area contributed by atoms with Crippen LogP contribution >= 0.6 is 0 Å². The summed E-state index contributed by atoms with van der Waals surface area (Å²) in [6, 6.07) is 0. The fraction of sp³-hybridized carbons (Fsp3) is 1.00. The van der Waals surface area contributed by atoms with Crippen LogP contribution in [0.1, 0.15) is 12.8 Å². The lowest BCUT2D eigenvalue weighted by atomic mass is 9.99. The van der Waals surface area contributed by atoms with Gasteiger partial charge < -0.3 is 10.2 Å². The maximum atomic E-state index is 11.5. The highest BCUT2D eigenvalue weighted by Gasteiger charge is 2.33. The summed E-state index contributed by atoms with van der Waals surface area (Å²) in [5.41, 5.74) is 0. The van der Waals surface area contributed by atoms with Crippen molar-refractivity contribution in [2.24, 2.45) is 5.92 Å². The standard InChI is InChI=1S/C11H22N2O4S/c1-18(16,17)13-4-2-3-9(6-13)5-12-7-10(14)11(15)8-12/h9-11,14-15H,2-8H2,1H3. The number of piperidine rings is 1. The van der Waals surface area contributed by atoms with Crippen molar-refractivity contribution in [3.8, 4) is 0 Å². The third-order valence-electron chi connectivity index (χ3n) is 3.80.